The molecule has 0 N–H and O–H groups in total. The lowest BCUT2D eigenvalue weighted by Gasteiger charge is -2.16. The van der Waals surface area contributed by atoms with E-state index in [1.165, 1.54) is 39.1 Å². The summed E-state index contributed by atoms with van der Waals surface area (Å²) in [6.07, 6.45) is 7.84. The van der Waals surface area contributed by atoms with Gasteiger partial charge in [-0.2, -0.15) is 0 Å². The Labute approximate surface area is 192 Å². The minimum atomic E-state index is 0.465. The molecule has 2 nitrogen and oxygen atoms in total. The Morgan fingerprint density at radius 1 is 0.750 bits per heavy atom. The van der Waals surface area contributed by atoms with E-state index in [0.29, 0.717) is 17.8 Å². The number of nitrogens with zero attached hydrogens (tertiary/aromatic N) is 2. The molecule has 0 unspecified atom stereocenters. The molecule has 32 heavy (non-hydrogen) atoms. The molecule has 4 aromatic rings. The third-order valence-corrected chi connectivity index (χ3v) is 6.93. The van der Waals surface area contributed by atoms with E-state index in [-0.39, 0.29) is 0 Å². The fraction of sp³-hybridized carbons (Fsp3) is 0.300. The fourth-order valence-corrected chi connectivity index (χ4v) is 5.32. The van der Waals surface area contributed by atoms with Crippen LogP contribution in [-0.4, -0.2) is 4.57 Å². The molecular weight excluding hydrogens is 388 g/mol. The monoisotopic (exact) mass is 421 g/mol. The molecule has 0 atom stereocenters. The molecule has 2 heteroatoms. The molecule has 0 radical (unpaired) electrons. The van der Waals surface area contributed by atoms with Crippen molar-refractivity contribution in [3.8, 4) is 16.8 Å². The van der Waals surface area contributed by atoms with Crippen molar-refractivity contribution in [2.75, 3.05) is 0 Å². The van der Waals surface area contributed by atoms with Gasteiger partial charge >= 0.3 is 0 Å². The molecule has 3 aromatic carbocycles. The molecule has 1 aliphatic carbocycles. The molecule has 1 aromatic heterocycles. The zero-order valence-electron chi connectivity index (χ0n) is 19.6. The van der Waals surface area contributed by atoms with Crippen LogP contribution in [0.2, 0.25) is 0 Å². The van der Waals surface area contributed by atoms with Crippen molar-refractivity contribution in [2.45, 2.75) is 58.4 Å². The highest BCUT2D eigenvalue weighted by molar-refractivity contribution is 5.78. The fourth-order valence-electron chi connectivity index (χ4n) is 5.32. The molecule has 0 saturated carbocycles. The first-order valence-corrected chi connectivity index (χ1v) is 11.9. The van der Waals surface area contributed by atoms with Gasteiger partial charge in [0.05, 0.1) is 6.54 Å². The molecule has 5 rings (SSSR count). The highest BCUT2D eigenvalue weighted by atomic mass is 15.1. The molecule has 0 amide bonds. The van der Waals surface area contributed by atoms with Gasteiger partial charge in [0.15, 0.2) is 0 Å². The predicted octanol–water partition coefficient (Wildman–Crippen LogP) is 7.21. The lowest BCUT2D eigenvalue weighted by atomic mass is 9.92. The number of benzene rings is 3. The van der Waals surface area contributed by atoms with Gasteiger partial charge in [0.25, 0.3) is 0 Å². The average Bonchev–Trinajstić information content (AvgIpc) is 3.40. The third kappa shape index (κ3) is 3.58. The maximum atomic E-state index is 2.35. The summed E-state index contributed by atoms with van der Waals surface area (Å²) in [5.41, 5.74) is 9.94. The number of fused-ring (bicyclic) bond motifs is 3. The number of para-hydroxylation sites is 1. The van der Waals surface area contributed by atoms with Crippen molar-refractivity contribution in [1.82, 2.24) is 4.57 Å². The summed E-state index contributed by atoms with van der Waals surface area (Å²) in [5.74, 6) is 1.45. The quantitative estimate of drug-likeness (QED) is 0.291. The van der Waals surface area contributed by atoms with Crippen molar-refractivity contribution >= 4 is 0 Å². The van der Waals surface area contributed by atoms with E-state index in [9.17, 15) is 0 Å². The third-order valence-electron chi connectivity index (χ3n) is 6.93. The highest BCUT2D eigenvalue weighted by Gasteiger charge is 2.28. The molecule has 0 saturated heterocycles. The van der Waals surface area contributed by atoms with Gasteiger partial charge in [-0.25, -0.2) is 9.13 Å². The normalized spacial score (nSPS) is 13.1. The Bertz CT molecular complexity index is 1170. The predicted molar refractivity (Wildman–Crippen MR) is 132 cm³/mol. The van der Waals surface area contributed by atoms with Crippen molar-refractivity contribution in [3.63, 3.8) is 0 Å². The molecular formula is C30H33N2+. The second kappa shape index (κ2) is 8.43. The van der Waals surface area contributed by atoms with Crippen LogP contribution in [0.1, 0.15) is 74.1 Å². The number of hydrogen-bond donors (Lipinski definition) is 0. The zero-order valence-corrected chi connectivity index (χ0v) is 19.6. The second-order valence-corrected chi connectivity index (χ2v) is 9.67. The molecule has 0 fully saturated rings. The van der Waals surface area contributed by atoms with Crippen molar-refractivity contribution in [2.24, 2.45) is 0 Å². The lowest BCUT2D eigenvalue weighted by Crippen LogP contribution is -2.32. The summed E-state index contributed by atoms with van der Waals surface area (Å²) in [7, 11) is 0. The number of rotatable bonds is 6. The van der Waals surface area contributed by atoms with Crippen molar-refractivity contribution in [3.05, 3.63) is 108 Å². The van der Waals surface area contributed by atoms with Crippen LogP contribution in [0.25, 0.3) is 16.8 Å². The smallest absolute Gasteiger partial charge is 0.236 e. The van der Waals surface area contributed by atoms with Gasteiger partial charge in [-0.05, 0) is 40.5 Å². The van der Waals surface area contributed by atoms with Gasteiger partial charge in [-0.1, -0.05) is 94.4 Å². The van der Waals surface area contributed by atoms with Crippen LogP contribution >= 0.6 is 0 Å². The van der Waals surface area contributed by atoms with Crippen LogP contribution < -0.4 is 4.57 Å². The van der Waals surface area contributed by atoms with Gasteiger partial charge in [-0.3, -0.25) is 0 Å². The van der Waals surface area contributed by atoms with Gasteiger partial charge in [0.2, 0.25) is 6.33 Å². The van der Waals surface area contributed by atoms with Crippen LogP contribution in [-0.2, 0) is 6.54 Å². The number of aryl methyl sites for hydroxylation is 1. The van der Waals surface area contributed by atoms with Gasteiger partial charge in [0.1, 0.15) is 18.1 Å². The first-order valence-electron chi connectivity index (χ1n) is 11.9. The molecule has 1 aliphatic rings. The maximum absolute atomic E-state index is 2.35. The molecule has 1 heterocycles. The number of imidazole rings is 1. The second-order valence-electron chi connectivity index (χ2n) is 9.67. The van der Waals surface area contributed by atoms with E-state index in [1.807, 2.05) is 0 Å². The van der Waals surface area contributed by atoms with Crippen LogP contribution in [0.3, 0.4) is 0 Å². The van der Waals surface area contributed by atoms with E-state index in [1.54, 1.807) is 0 Å². The lowest BCUT2D eigenvalue weighted by molar-refractivity contribution is -0.696. The minimum absolute atomic E-state index is 0.465. The molecule has 0 aliphatic heterocycles. The van der Waals surface area contributed by atoms with Crippen LogP contribution in [0, 0.1) is 0 Å². The first kappa shape index (κ1) is 20.8. The van der Waals surface area contributed by atoms with Gasteiger partial charge < -0.3 is 0 Å². The van der Waals surface area contributed by atoms with Gasteiger partial charge in [-0.15, -0.1) is 0 Å². The average molecular weight is 422 g/mol. The molecule has 0 bridgehead atoms. The van der Waals surface area contributed by atoms with Crippen molar-refractivity contribution in [1.29, 1.82) is 0 Å². The summed E-state index contributed by atoms with van der Waals surface area (Å²) < 4.78 is 4.69. The van der Waals surface area contributed by atoms with E-state index < -0.39 is 0 Å². The summed E-state index contributed by atoms with van der Waals surface area (Å²) in [6, 6.07) is 24.6. The van der Waals surface area contributed by atoms with Crippen molar-refractivity contribution < 1.29 is 4.57 Å². The number of hydrogen-bond acceptors (Lipinski definition) is 0. The van der Waals surface area contributed by atoms with Crippen LogP contribution in [0.4, 0.5) is 0 Å². The molecule has 0 spiro atoms. The summed E-state index contributed by atoms with van der Waals surface area (Å²) >= 11 is 0. The largest absolute Gasteiger partial charge is 0.248 e. The first-order chi connectivity index (χ1) is 15.5. The van der Waals surface area contributed by atoms with Crippen LogP contribution in [0.15, 0.2) is 85.5 Å². The summed E-state index contributed by atoms with van der Waals surface area (Å²) in [6.45, 7) is 10.1. The SMILES string of the molecule is CC(C)c1cccc(C(C)C)c1-n1cc[n+](CCC2c3ccccc3-c3ccccc32)c1. The Balaban J connectivity index is 1.44. The van der Waals surface area contributed by atoms with E-state index in [2.05, 4.69) is 122 Å². The Morgan fingerprint density at radius 3 is 1.88 bits per heavy atom. The zero-order chi connectivity index (χ0) is 22.2. The van der Waals surface area contributed by atoms with E-state index >= 15 is 0 Å². The molecule has 162 valence electrons. The minimum Gasteiger partial charge on any atom is -0.236 e. The van der Waals surface area contributed by atoms with E-state index in [4.69, 9.17) is 0 Å². The van der Waals surface area contributed by atoms with Gasteiger partial charge in [0, 0.05) is 17.0 Å². The Hall–Kier alpha value is -3.13. The Morgan fingerprint density at radius 2 is 1.31 bits per heavy atom. The van der Waals surface area contributed by atoms with Crippen LogP contribution in [0.5, 0.6) is 0 Å². The number of aromatic nitrogens is 2. The van der Waals surface area contributed by atoms with E-state index in [0.717, 1.165) is 13.0 Å². The topological polar surface area (TPSA) is 8.81 Å². The standard InChI is InChI=1S/C30H33N2/c1-21(2)23-14-9-15-24(22(3)4)30(23)32-19-18-31(20-32)17-16-29-27-12-7-5-10-25(27)26-11-6-8-13-28(26)29/h5-15,18-22,29H,16-17H2,1-4H3/q+1. The highest BCUT2D eigenvalue weighted by Crippen LogP contribution is 2.46. The summed E-state index contributed by atoms with van der Waals surface area (Å²) in [4.78, 5) is 0. The summed E-state index contributed by atoms with van der Waals surface area (Å²) in [5, 5.41) is 0. The maximum Gasteiger partial charge on any atom is 0.248 e. The Kier molecular flexibility index (Phi) is 5.46.